The Morgan fingerprint density at radius 1 is 1.20 bits per heavy atom. The molecule has 0 bridgehead atoms. The molecule has 5 nitrogen and oxygen atoms in total. The zero-order valence-corrected chi connectivity index (χ0v) is 15.0. The molecule has 1 aliphatic rings. The fourth-order valence-corrected chi connectivity index (χ4v) is 3.01. The van der Waals surface area contributed by atoms with Crippen molar-refractivity contribution >= 4 is 5.91 Å². The first-order valence-corrected chi connectivity index (χ1v) is 8.76. The van der Waals surface area contributed by atoms with Crippen LogP contribution in [0, 0.1) is 6.92 Å². The minimum absolute atomic E-state index is 0.180. The Balaban J connectivity index is 2.04. The minimum atomic E-state index is -0.350. The summed E-state index contributed by atoms with van der Waals surface area (Å²) in [4.78, 5) is 31.2. The molecule has 0 atom stereocenters. The fraction of sp³-hybridized carbons (Fsp3) is 0.400. The third-order valence-electron chi connectivity index (χ3n) is 4.56. The quantitative estimate of drug-likeness (QED) is 0.860. The van der Waals surface area contributed by atoms with Crippen molar-refractivity contribution < 1.29 is 9.63 Å². The molecule has 132 valence electrons. The van der Waals surface area contributed by atoms with Crippen molar-refractivity contribution in [2.45, 2.75) is 39.5 Å². The van der Waals surface area contributed by atoms with E-state index in [1.807, 2.05) is 24.3 Å². The maximum Gasteiger partial charge on any atom is 0.283 e. The second kappa shape index (κ2) is 7.23. The van der Waals surface area contributed by atoms with Crippen LogP contribution < -0.4 is 5.56 Å². The molecular weight excluding hydrogens is 316 g/mol. The Labute approximate surface area is 147 Å². The Hall–Kier alpha value is -2.40. The summed E-state index contributed by atoms with van der Waals surface area (Å²) in [6.45, 7) is 7.05. The number of carbonyl (C=O) groups is 1. The van der Waals surface area contributed by atoms with Crippen LogP contribution in [0.2, 0.25) is 0 Å². The summed E-state index contributed by atoms with van der Waals surface area (Å²) in [5.41, 5.74) is 2.46. The second-order valence-electron chi connectivity index (χ2n) is 6.75. The van der Waals surface area contributed by atoms with Crippen LogP contribution in [0.5, 0.6) is 0 Å². The minimum Gasteiger partial charge on any atom is -0.284 e. The first kappa shape index (κ1) is 17.4. The van der Waals surface area contributed by atoms with Crippen molar-refractivity contribution in [3.63, 3.8) is 0 Å². The normalized spacial score (nSPS) is 14.8. The number of aryl methyl sites for hydroxylation is 1. The third kappa shape index (κ3) is 3.51. The summed E-state index contributed by atoms with van der Waals surface area (Å²) < 4.78 is 1.54. The molecule has 25 heavy (non-hydrogen) atoms. The van der Waals surface area contributed by atoms with E-state index in [0.717, 1.165) is 24.1 Å². The largest absolute Gasteiger partial charge is 0.284 e. The smallest absolute Gasteiger partial charge is 0.283 e. The van der Waals surface area contributed by atoms with Gasteiger partial charge in [-0.1, -0.05) is 26.0 Å². The van der Waals surface area contributed by atoms with E-state index in [0.29, 0.717) is 24.6 Å². The predicted octanol–water partition coefficient (Wildman–Crippen LogP) is 3.44. The van der Waals surface area contributed by atoms with E-state index in [1.165, 1.54) is 9.63 Å². The van der Waals surface area contributed by atoms with Gasteiger partial charge in [0.05, 0.1) is 6.61 Å². The Bertz CT molecular complexity index is 833. The van der Waals surface area contributed by atoms with Gasteiger partial charge >= 0.3 is 0 Å². The highest BCUT2D eigenvalue weighted by atomic mass is 16.7. The molecule has 2 heterocycles. The molecule has 0 saturated carbocycles. The average Bonchev–Trinajstić information content (AvgIpc) is 2.62. The fourth-order valence-electron chi connectivity index (χ4n) is 3.01. The zero-order chi connectivity index (χ0) is 18.0. The van der Waals surface area contributed by atoms with E-state index < -0.39 is 0 Å². The van der Waals surface area contributed by atoms with Gasteiger partial charge in [-0.3, -0.25) is 19.0 Å². The maximum atomic E-state index is 13.0. The summed E-state index contributed by atoms with van der Waals surface area (Å²) in [6, 6.07) is 9.66. The van der Waals surface area contributed by atoms with E-state index in [4.69, 9.17) is 4.84 Å². The summed E-state index contributed by atoms with van der Waals surface area (Å²) in [5, 5.41) is 1.32. The average molecular weight is 340 g/mol. The van der Waals surface area contributed by atoms with Crippen LogP contribution in [0.25, 0.3) is 5.69 Å². The van der Waals surface area contributed by atoms with Crippen LogP contribution in [-0.2, 0) is 4.84 Å². The third-order valence-corrected chi connectivity index (χ3v) is 4.56. The molecule has 0 radical (unpaired) electrons. The first-order valence-electron chi connectivity index (χ1n) is 8.76. The zero-order valence-electron chi connectivity index (χ0n) is 15.0. The number of rotatable bonds is 3. The number of pyridine rings is 1. The Morgan fingerprint density at radius 2 is 2.00 bits per heavy atom. The highest BCUT2D eigenvalue weighted by Gasteiger charge is 2.24. The monoisotopic (exact) mass is 340 g/mol. The van der Waals surface area contributed by atoms with Gasteiger partial charge in [0.2, 0.25) is 0 Å². The number of aromatic nitrogens is 1. The molecule has 0 spiro atoms. The molecule has 1 aromatic carbocycles. The summed E-state index contributed by atoms with van der Waals surface area (Å²) in [7, 11) is 0. The number of carbonyl (C=O) groups excluding carboxylic acids is 1. The van der Waals surface area contributed by atoms with E-state index in [9.17, 15) is 9.59 Å². The van der Waals surface area contributed by atoms with E-state index in [2.05, 4.69) is 13.8 Å². The molecule has 1 aromatic heterocycles. The lowest BCUT2D eigenvalue weighted by Crippen LogP contribution is -2.40. The number of hydrogen-bond acceptors (Lipinski definition) is 3. The number of nitrogens with zero attached hydrogens (tertiary/aromatic N) is 2. The SMILES string of the molecule is Cc1ccn(-c2cccc(C(C)C)c2)c(=O)c1C(=O)N1CCCCO1. The molecule has 5 heteroatoms. The van der Waals surface area contributed by atoms with Gasteiger partial charge in [-0.15, -0.1) is 0 Å². The molecule has 0 N–H and O–H groups in total. The van der Waals surface area contributed by atoms with E-state index in [-0.39, 0.29) is 17.0 Å². The highest BCUT2D eigenvalue weighted by molar-refractivity contribution is 5.94. The van der Waals surface area contributed by atoms with Crippen LogP contribution in [0.3, 0.4) is 0 Å². The van der Waals surface area contributed by atoms with Crippen LogP contribution in [0.4, 0.5) is 0 Å². The lowest BCUT2D eigenvalue weighted by atomic mass is 10.0. The van der Waals surface area contributed by atoms with Gasteiger partial charge < -0.3 is 0 Å². The van der Waals surface area contributed by atoms with Crippen LogP contribution in [0.1, 0.15) is 54.1 Å². The maximum absolute atomic E-state index is 13.0. The van der Waals surface area contributed by atoms with Crippen molar-refractivity contribution in [2.75, 3.05) is 13.2 Å². The van der Waals surface area contributed by atoms with Gasteiger partial charge in [0.25, 0.3) is 11.5 Å². The highest BCUT2D eigenvalue weighted by Crippen LogP contribution is 2.18. The van der Waals surface area contributed by atoms with Gasteiger partial charge in [0.15, 0.2) is 0 Å². The Morgan fingerprint density at radius 3 is 2.68 bits per heavy atom. The van der Waals surface area contributed by atoms with Gasteiger partial charge in [-0.05, 0) is 55.0 Å². The van der Waals surface area contributed by atoms with Crippen LogP contribution in [0.15, 0.2) is 41.3 Å². The van der Waals surface area contributed by atoms with Crippen molar-refractivity contribution in [3.8, 4) is 5.69 Å². The molecule has 0 unspecified atom stereocenters. The van der Waals surface area contributed by atoms with Crippen LogP contribution in [-0.4, -0.2) is 28.7 Å². The van der Waals surface area contributed by atoms with Crippen molar-refractivity contribution in [3.05, 3.63) is 63.6 Å². The lowest BCUT2D eigenvalue weighted by Gasteiger charge is -2.26. The summed E-state index contributed by atoms with van der Waals surface area (Å²) in [5.74, 6) is 0.0144. The number of hydrogen-bond donors (Lipinski definition) is 0. The number of amides is 1. The number of hydroxylamine groups is 2. The van der Waals surface area contributed by atoms with Gasteiger partial charge in [-0.2, -0.15) is 0 Å². The molecule has 1 fully saturated rings. The summed E-state index contributed by atoms with van der Waals surface area (Å²) >= 11 is 0. The van der Waals surface area contributed by atoms with Crippen molar-refractivity contribution in [2.24, 2.45) is 0 Å². The Kier molecular flexibility index (Phi) is 5.04. The van der Waals surface area contributed by atoms with E-state index in [1.54, 1.807) is 19.2 Å². The van der Waals surface area contributed by atoms with Gasteiger partial charge in [0, 0.05) is 18.4 Å². The predicted molar refractivity (Wildman–Crippen MR) is 97.1 cm³/mol. The summed E-state index contributed by atoms with van der Waals surface area (Å²) in [6.07, 6.45) is 3.55. The molecule has 2 aromatic rings. The molecular formula is C20H24N2O3. The second-order valence-corrected chi connectivity index (χ2v) is 6.75. The molecule has 3 rings (SSSR count). The topological polar surface area (TPSA) is 51.5 Å². The van der Waals surface area contributed by atoms with Crippen molar-refractivity contribution in [1.29, 1.82) is 0 Å². The lowest BCUT2D eigenvalue weighted by molar-refractivity contribution is -0.144. The van der Waals surface area contributed by atoms with Gasteiger partial charge in [-0.25, -0.2) is 5.06 Å². The number of benzene rings is 1. The molecule has 1 saturated heterocycles. The first-order chi connectivity index (χ1) is 12.0. The van der Waals surface area contributed by atoms with Crippen LogP contribution >= 0.6 is 0 Å². The molecule has 1 aliphatic heterocycles. The molecule has 1 amide bonds. The van der Waals surface area contributed by atoms with Gasteiger partial charge in [0.1, 0.15) is 5.56 Å². The van der Waals surface area contributed by atoms with E-state index >= 15 is 0 Å². The molecule has 0 aliphatic carbocycles. The van der Waals surface area contributed by atoms with Crippen molar-refractivity contribution in [1.82, 2.24) is 9.63 Å². The standard InChI is InChI=1S/C20H24N2O3/c1-14(2)16-7-6-8-17(13-16)21-11-9-15(3)18(19(21)23)20(24)22-10-4-5-12-25-22/h6-9,11,13-14H,4-5,10,12H2,1-3H3.